The van der Waals surface area contributed by atoms with Crippen LogP contribution in [0.15, 0.2) is 42.5 Å². The molecule has 4 bridgehead atoms. The van der Waals surface area contributed by atoms with Crippen molar-refractivity contribution in [2.24, 2.45) is 17.8 Å². The van der Waals surface area contributed by atoms with Crippen molar-refractivity contribution in [3.8, 4) is 5.75 Å². The summed E-state index contributed by atoms with van der Waals surface area (Å²) in [6, 6.07) is 15.2. The van der Waals surface area contributed by atoms with Crippen molar-refractivity contribution in [1.82, 2.24) is 0 Å². The number of ether oxygens (including phenoxy) is 1. The number of benzene rings is 2. The minimum Gasteiger partial charge on any atom is -0.487 e. The highest BCUT2D eigenvalue weighted by Crippen LogP contribution is 2.57. The zero-order chi connectivity index (χ0) is 13.9. The van der Waals surface area contributed by atoms with Crippen molar-refractivity contribution in [3.05, 3.63) is 42.5 Å². The van der Waals surface area contributed by atoms with E-state index in [1.54, 1.807) is 0 Å². The van der Waals surface area contributed by atoms with Crippen LogP contribution in [0.3, 0.4) is 0 Å². The topological polar surface area (TPSA) is 9.23 Å². The van der Waals surface area contributed by atoms with Crippen molar-refractivity contribution < 1.29 is 4.74 Å². The monoisotopic (exact) mass is 278 g/mol. The van der Waals surface area contributed by atoms with Crippen LogP contribution >= 0.6 is 0 Å². The second kappa shape index (κ2) is 4.25. The molecule has 0 atom stereocenters. The van der Waals surface area contributed by atoms with E-state index in [1.807, 2.05) is 0 Å². The Kier molecular flexibility index (Phi) is 2.45. The van der Waals surface area contributed by atoms with E-state index in [0.29, 0.717) is 0 Å². The van der Waals surface area contributed by atoms with E-state index in [1.165, 1.54) is 49.3 Å². The van der Waals surface area contributed by atoms with Crippen LogP contribution in [0.5, 0.6) is 5.75 Å². The lowest BCUT2D eigenvalue weighted by Crippen LogP contribution is -2.53. The fourth-order valence-corrected chi connectivity index (χ4v) is 5.64. The molecule has 108 valence electrons. The van der Waals surface area contributed by atoms with E-state index < -0.39 is 0 Å². The summed E-state index contributed by atoms with van der Waals surface area (Å²) in [4.78, 5) is 0. The maximum Gasteiger partial charge on any atom is 0.120 e. The van der Waals surface area contributed by atoms with Gasteiger partial charge < -0.3 is 4.74 Å². The van der Waals surface area contributed by atoms with Gasteiger partial charge in [0, 0.05) is 0 Å². The summed E-state index contributed by atoms with van der Waals surface area (Å²) < 4.78 is 6.62. The molecule has 0 aromatic heterocycles. The minimum atomic E-state index is 0.164. The van der Waals surface area contributed by atoms with Gasteiger partial charge in [0.15, 0.2) is 0 Å². The van der Waals surface area contributed by atoms with Gasteiger partial charge in [0.05, 0.1) is 0 Å². The zero-order valence-electron chi connectivity index (χ0n) is 12.4. The van der Waals surface area contributed by atoms with Gasteiger partial charge in [-0.15, -0.1) is 0 Å². The molecule has 2 aromatic rings. The number of hydrogen-bond acceptors (Lipinski definition) is 1. The second-order valence-electron chi connectivity index (χ2n) is 7.71. The number of hydrogen-bond donors (Lipinski definition) is 0. The Balaban J connectivity index is 1.48. The van der Waals surface area contributed by atoms with Crippen LogP contribution in [0.2, 0.25) is 0 Å². The van der Waals surface area contributed by atoms with Crippen LogP contribution in [0, 0.1) is 17.8 Å². The van der Waals surface area contributed by atoms with Crippen molar-refractivity contribution in [1.29, 1.82) is 0 Å². The van der Waals surface area contributed by atoms with Gasteiger partial charge in [0.25, 0.3) is 0 Å². The maximum absolute atomic E-state index is 6.62. The summed E-state index contributed by atoms with van der Waals surface area (Å²) in [7, 11) is 0. The van der Waals surface area contributed by atoms with Gasteiger partial charge in [-0.25, -0.2) is 0 Å². The molecule has 4 aliphatic rings. The molecule has 6 rings (SSSR count). The summed E-state index contributed by atoms with van der Waals surface area (Å²) in [6.07, 6.45) is 8.31. The summed E-state index contributed by atoms with van der Waals surface area (Å²) >= 11 is 0. The summed E-state index contributed by atoms with van der Waals surface area (Å²) in [5.74, 6) is 3.90. The van der Waals surface area contributed by atoms with Crippen LogP contribution < -0.4 is 4.74 Å². The Morgan fingerprint density at radius 1 is 0.762 bits per heavy atom. The molecule has 4 fully saturated rings. The van der Waals surface area contributed by atoms with Gasteiger partial charge in [-0.05, 0) is 79.2 Å². The molecule has 0 heterocycles. The lowest BCUT2D eigenvalue weighted by Gasteiger charge is -2.56. The zero-order valence-corrected chi connectivity index (χ0v) is 12.4. The van der Waals surface area contributed by atoms with Crippen LogP contribution in [0.4, 0.5) is 0 Å². The van der Waals surface area contributed by atoms with E-state index >= 15 is 0 Å². The van der Waals surface area contributed by atoms with Crippen LogP contribution in [0.25, 0.3) is 10.8 Å². The summed E-state index contributed by atoms with van der Waals surface area (Å²) in [5, 5.41) is 2.59. The van der Waals surface area contributed by atoms with E-state index in [9.17, 15) is 0 Å². The van der Waals surface area contributed by atoms with Gasteiger partial charge in [-0.2, -0.15) is 0 Å². The average molecular weight is 278 g/mol. The first-order valence-electron chi connectivity index (χ1n) is 8.46. The van der Waals surface area contributed by atoms with E-state index in [2.05, 4.69) is 42.5 Å². The third-order valence-corrected chi connectivity index (χ3v) is 6.04. The molecule has 1 heteroatoms. The highest BCUT2D eigenvalue weighted by atomic mass is 16.5. The molecule has 4 saturated carbocycles. The largest absolute Gasteiger partial charge is 0.487 e. The third kappa shape index (κ3) is 1.97. The fourth-order valence-electron chi connectivity index (χ4n) is 5.64. The van der Waals surface area contributed by atoms with Crippen LogP contribution in [-0.4, -0.2) is 5.60 Å². The first-order valence-corrected chi connectivity index (χ1v) is 8.46. The Hall–Kier alpha value is -1.50. The average Bonchev–Trinajstić information content (AvgIpc) is 2.45. The first kappa shape index (κ1) is 12.1. The predicted octanol–water partition coefficient (Wildman–Crippen LogP) is 5.19. The minimum absolute atomic E-state index is 0.164. The number of fused-ring (bicyclic) bond motifs is 1. The number of rotatable bonds is 2. The lowest BCUT2D eigenvalue weighted by molar-refractivity contribution is -0.107. The van der Waals surface area contributed by atoms with Gasteiger partial charge >= 0.3 is 0 Å². The molecule has 0 amide bonds. The predicted molar refractivity (Wildman–Crippen MR) is 85.5 cm³/mol. The second-order valence-corrected chi connectivity index (χ2v) is 7.71. The van der Waals surface area contributed by atoms with Crippen molar-refractivity contribution >= 4 is 10.8 Å². The van der Waals surface area contributed by atoms with Gasteiger partial charge in [0.2, 0.25) is 0 Å². The van der Waals surface area contributed by atoms with Crippen LogP contribution in [-0.2, 0) is 0 Å². The van der Waals surface area contributed by atoms with Crippen LogP contribution in [0.1, 0.15) is 38.5 Å². The molecule has 2 aromatic carbocycles. The molecular weight excluding hydrogens is 256 g/mol. The van der Waals surface area contributed by atoms with E-state index in [4.69, 9.17) is 4.74 Å². The normalized spacial score (nSPS) is 37.0. The van der Waals surface area contributed by atoms with E-state index in [-0.39, 0.29) is 5.60 Å². The molecule has 0 unspecified atom stereocenters. The Morgan fingerprint density at radius 3 is 2.05 bits per heavy atom. The molecule has 1 nitrogen and oxygen atoms in total. The highest BCUT2D eigenvalue weighted by molar-refractivity contribution is 5.83. The Bertz CT molecular complexity index is 652. The van der Waals surface area contributed by atoms with Crippen molar-refractivity contribution in [2.75, 3.05) is 0 Å². The molecule has 0 radical (unpaired) electrons. The standard InChI is InChI=1S/C20H22O/c1-2-4-18-10-19(6-5-17(18)3-1)21-20-11-14-7-15(12-20)9-16(8-14)13-20/h1-6,10,14-16H,7-9,11-13H2. The molecule has 4 aliphatic carbocycles. The SMILES string of the molecule is c1ccc2cc(OC34CC5CC(CC(C5)C3)C4)ccc2c1. The Morgan fingerprint density at radius 2 is 1.38 bits per heavy atom. The van der Waals surface area contributed by atoms with Crippen molar-refractivity contribution in [3.63, 3.8) is 0 Å². The van der Waals surface area contributed by atoms with Gasteiger partial charge in [-0.3, -0.25) is 0 Å². The first-order chi connectivity index (χ1) is 10.3. The quantitative estimate of drug-likeness (QED) is 0.734. The molecule has 0 saturated heterocycles. The molecule has 0 spiro atoms. The summed E-state index contributed by atoms with van der Waals surface area (Å²) in [5.41, 5.74) is 0.164. The van der Waals surface area contributed by atoms with Gasteiger partial charge in [0.1, 0.15) is 11.4 Å². The van der Waals surface area contributed by atoms with Gasteiger partial charge in [-0.1, -0.05) is 30.3 Å². The smallest absolute Gasteiger partial charge is 0.120 e. The molecular formula is C20H22O. The maximum atomic E-state index is 6.62. The third-order valence-electron chi connectivity index (χ3n) is 6.04. The molecule has 0 aliphatic heterocycles. The van der Waals surface area contributed by atoms with E-state index in [0.717, 1.165) is 23.5 Å². The molecule has 0 N–H and O–H groups in total. The highest BCUT2D eigenvalue weighted by Gasteiger charge is 2.52. The lowest BCUT2D eigenvalue weighted by atomic mass is 9.54. The Labute approximate surface area is 126 Å². The van der Waals surface area contributed by atoms with Crippen molar-refractivity contribution in [2.45, 2.75) is 44.1 Å². The summed E-state index contributed by atoms with van der Waals surface area (Å²) in [6.45, 7) is 0. The fraction of sp³-hybridized carbons (Fsp3) is 0.500. The molecule has 21 heavy (non-hydrogen) atoms.